The average Bonchev–Trinajstić information content (AvgIpc) is 3.34. The van der Waals surface area contributed by atoms with E-state index in [0.717, 1.165) is 27.5 Å². The molecule has 0 radical (unpaired) electrons. The van der Waals surface area contributed by atoms with E-state index < -0.39 is 0 Å². The lowest BCUT2D eigenvalue weighted by Crippen LogP contribution is -2.33. The molecule has 1 heterocycles. The largest absolute Gasteiger partial charge is 0.309 e. The van der Waals surface area contributed by atoms with Crippen LogP contribution in [0.4, 0.5) is 17.1 Å². The molecule has 0 bridgehead atoms. The van der Waals surface area contributed by atoms with Crippen LogP contribution in [0, 0.1) is 0 Å². The van der Waals surface area contributed by atoms with Gasteiger partial charge in [0, 0.05) is 31.9 Å². The van der Waals surface area contributed by atoms with Crippen LogP contribution in [-0.2, 0) is 16.2 Å². The Bertz CT molecular complexity index is 1720. The van der Waals surface area contributed by atoms with Gasteiger partial charge in [-0.3, -0.25) is 0 Å². The standard InChI is InChI=1S/C38H40ClNS/c1-36(2,3)27-13-15-29(16-14-27)40(30-20-26(19-28(39)21-30)25-11-9-8-10-12-25)34-24-41-35-23-33-32(22-31(34)35)37(4,5)17-18-38(33,6)7/h8-16,19-24H,17-18H2,1-7H3. The Morgan fingerprint density at radius 2 is 1.34 bits per heavy atom. The molecule has 0 saturated heterocycles. The molecule has 5 aromatic rings. The third kappa shape index (κ3) is 5.22. The van der Waals surface area contributed by atoms with Gasteiger partial charge in [0.25, 0.3) is 0 Å². The number of thiophene rings is 1. The Morgan fingerprint density at radius 3 is 1.98 bits per heavy atom. The summed E-state index contributed by atoms with van der Waals surface area (Å²) in [4.78, 5) is 2.40. The van der Waals surface area contributed by atoms with E-state index in [1.54, 1.807) is 0 Å². The van der Waals surface area contributed by atoms with E-state index in [0.29, 0.717) is 0 Å². The molecule has 1 aliphatic rings. The molecule has 0 amide bonds. The molecular weight excluding hydrogens is 538 g/mol. The van der Waals surface area contributed by atoms with Gasteiger partial charge in [0.05, 0.1) is 5.69 Å². The van der Waals surface area contributed by atoms with Gasteiger partial charge in [-0.15, -0.1) is 11.3 Å². The third-order valence-electron chi connectivity index (χ3n) is 9.01. The maximum absolute atomic E-state index is 6.84. The number of rotatable bonds is 4. The zero-order chi connectivity index (χ0) is 29.2. The molecule has 0 fully saturated rings. The van der Waals surface area contributed by atoms with Gasteiger partial charge in [0.2, 0.25) is 0 Å². The minimum Gasteiger partial charge on any atom is -0.309 e. The second-order valence-corrected chi connectivity index (χ2v) is 15.3. The summed E-state index contributed by atoms with van der Waals surface area (Å²) in [5.74, 6) is 0. The predicted octanol–water partition coefficient (Wildman–Crippen LogP) is 12.3. The highest BCUT2D eigenvalue weighted by atomic mass is 35.5. The summed E-state index contributed by atoms with van der Waals surface area (Å²) in [5, 5.41) is 4.37. The molecule has 0 unspecified atom stereocenters. The van der Waals surface area contributed by atoms with Crippen LogP contribution in [0.15, 0.2) is 90.3 Å². The fraction of sp³-hybridized carbons (Fsp3) is 0.316. The van der Waals surface area contributed by atoms with Gasteiger partial charge in [-0.25, -0.2) is 0 Å². The minimum atomic E-state index is 0.0897. The lowest BCUT2D eigenvalue weighted by molar-refractivity contribution is 0.332. The molecular formula is C38H40ClNS. The smallest absolute Gasteiger partial charge is 0.0647 e. The van der Waals surface area contributed by atoms with Crippen molar-refractivity contribution in [3.63, 3.8) is 0 Å². The first-order valence-corrected chi connectivity index (χ1v) is 15.9. The zero-order valence-corrected chi connectivity index (χ0v) is 26.9. The van der Waals surface area contributed by atoms with Crippen molar-refractivity contribution in [2.45, 2.75) is 77.6 Å². The van der Waals surface area contributed by atoms with E-state index in [2.05, 4.69) is 144 Å². The number of hydrogen-bond donors (Lipinski definition) is 0. The number of nitrogens with zero attached hydrogens (tertiary/aromatic N) is 1. The van der Waals surface area contributed by atoms with E-state index >= 15 is 0 Å². The summed E-state index contributed by atoms with van der Waals surface area (Å²) in [7, 11) is 0. The van der Waals surface area contributed by atoms with Crippen molar-refractivity contribution in [3.8, 4) is 11.1 Å². The molecule has 0 atom stereocenters. The fourth-order valence-corrected chi connectivity index (χ4v) is 7.46. The zero-order valence-electron chi connectivity index (χ0n) is 25.3. The van der Waals surface area contributed by atoms with E-state index in [-0.39, 0.29) is 16.2 Å². The van der Waals surface area contributed by atoms with Gasteiger partial charge in [-0.05, 0) is 99.4 Å². The molecule has 1 aliphatic carbocycles. The van der Waals surface area contributed by atoms with Crippen LogP contribution in [0.25, 0.3) is 21.2 Å². The summed E-state index contributed by atoms with van der Waals surface area (Å²) in [5.41, 5.74) is 10.4. The van der Waals surface area contributed by atoms with Crippen molar-refractivity contribution >= 4 is 50.1 Å². The van der Waals surface area contributed by atoms with E-state index in [1.807, 2.05) is 11.3 Å². The number of anilines is 3. The second-order valence-electron chi connectivity index (χ2n) is 14.0. The summed E-state index contributed by atoms with van der Waals surface area (Å²) >= 11 is 8.68. The predicted molar refractivity (Wildman–Crippen MR) is 181 cm³/mol. The summed E-state index contributed by atoms with van der Waals surface area (Å²) < 4.78 is 1.34. The number of halogens is 1. The molecule has 41 heavy (non-hydrogen) atoms. The molecule has 6 rings (SSSR count). The molecule has 4 aromatic carbocycles. The SMILES string of the molecule is CC(C)(C)c1ccc(N(c2cc(Cl)cc(-c3ccccc3)c2)c2csc3cc4c(cc23)C(C)(C)CCC4(C)C)cc1. The van der Waals surface area contributed by atoms with Crippen molar-refractivity contribution in [1.82, 2.24) is 0 Å². The van der Waals surface area contributed by atoms with E-state index in [4.69, 9.17) is 11.6 Å². The molecule has 0 N–H and O–H groups in total. The quantitative estimate of drug-likeness (QED) is 0.205. The van der Waals surface area contributed by atoms with Crippen molar-refractivity contribution in [3.05, 3.63) is 112 Å². The van der Waals surface area contributed by atoms with Gasteiger partial charge >= 0.3 is 0 Å². The second kappa shape index (κ2) is 10.0. The molecule has 1 nitrogen and oxygen atoms in total. The summed E-state index contributed by atoms with van der Waals surface area (Å²) in [6.07, 6.45) is 2.42. The lowest BCUT2D eigenvalue weighted by Gasteiger charge is -2.42. The normalized spacial score (nSPS) is 16.0. The molecule has 210 valence electrons. The Kier molecular flexibility index (Phi) is 6.87. The third-order valence-corrected chi connectivity index (χ3v) is 10.2. The topological polar surface area (TPSA) is 3.24 Å². The lowest BCUT2D eigenvalue weighted by atomic mass is 9.63. The van der Waals surface area contributed by atoms with Gasteiger partial charge in [-0.1, -0.05) is 103 Å². The number of benzene rings is 4. The highest BCUT2D eigenvalue weighted by Crippen LogP contribution is 2.51. The van der Waals surface area contributed by atoms with Crippen molar-refractivity contribution in [2.24, 2.45) is 0 Å². The highest BCUT2D eigenvalue weighted by molar-refractivity contribution is 7.17. The maximum atomic E-state index is 6.84. The van der Waals surface area contributed by atoms with Crippen molar-refractivity contribution in [2.75, 3.05) is 4.90 Å². The number of fused-ring (bicyclic) bond motifs is 2. The molecule has 0 aliphatic heterocycles. The molecule has 0 spiro atoms. The van der Waals surface area contributed by atoms with Crippen LogP contribution in [-0.4, -0.2) is 0 Å². The molecule has 0 saturated carbocycles. The first-order valence-electron chi connectivity index (χ1n) is 14.7. The van der Waals surface area contributed by atoms with Gasteiger partial charge in [-0.2, -0.15) is 0 Å². The fourth-order valence-electron chi connectivity index (χ4n) is 6.29. The Hall–Kier alpha value is -3.07. The van der Waals surface area contributed by atoms with Gasteiger partial charge < -0.3 is 4.90 Å². The first kappa shape index (κ1) is 28.1. The average molecular weight is 578 g/mol. The monoisotopic (exact) mass is 577 g/mol. The van der Waals surface area contributed by atoms with E-state index in [9.17, 15) is 0 Å². The highest BCUT2D eigenvalue weighted by Gasteiger charge is 2.37. The van der Waals surface area contributed by atoms with Crippen LogP contribution < -0.4 is 4.90 Å². The Balaban J connectivity index is 1.59. The molecule has 3 heteroatoms. The first-order chi connectivity index (χ1) is 19.3. The van der Waals surface area contributed by atoms with Gasteiger partial charge in [0.1, 0.15) is 0 Å². The Morgan fingerprint density at radius 1 is 0.707 bits per heavy atom. The van der Waals surface area contributed by atoms with Gasteiger partial charge in [0.15, 0.2) is 0 Å². The maximum Gasteiger partial charge on any atom is 0.0647 e. The van der Waals surface area contributed by atoms with Crippen LogP contribution in [0.1, 0.15) is 78.0 Å². The number of hydrogen-bond acceptors (Lipinski definition) is 2. The van der Waals surface area contributed by atoms with Crippen LogP contribution in [0.5, 0.6) is 0 Å². The van der Waals surface area contributed by atoms with Crippen LogP contribution in [0.3, 0.4) is 0 Å². The van der Waals surface area contributed by atoms with Crippen LogP contribution in [0.2, 0.25) is 5.02 Å². The molecule has 1 aromatic heterocycles. The summed E-state index contributed by atoms with van der Waals surface area (Å²) in [6.45, 7) is 16.4. The van der Waals surface area contributed by atoms with Crippen LogP contribution >= 0.6 is 22.9 Å². The van der Waals surface area contributed by atoms with Crippen molar-refractivity contribution < 1.29 is 0 Å². The Labute approximate surface area is 254 Å². The summed E-state index contributed by atoms with van der Waals surface area (Å²) in [6, 6.07) is 31.0. The van der Waals surface area contributed by atoms with E-state index in [1.165, 1.54) is 45.3 Å². The minimum absolute atomic E-state index is 0.0897. The van der Waals surface area contributed by atoms with Crippen molar-refractivity contribution in [1.29, 1.82) is 0 Å².